The van der Waals surface area contributed by atoms with Crippen LogP contribution in [0.1, 0.15) is 50.4 Å². The van der Waals surface area contributed by atoms with Gasteiger partial charge in [0.05, 0.1) is 12.7 Å². The van der Waals surface area contributed by atoms with E-state index in [4.69, 9.17) is 9.47 Å². The van der Waals surface area contributed by atoms with E-state index in [0.717, 1.165) is 12.8 Å². The lowest BCUT2D eigenvalue weighted by molar-refractivity contribution is -0.0584. The van der Waals surface area contributed by atoms with Gasteiger partial charge in [0.2, 0.25) is 0 Å². The molecule has 3 rings (SSSR count). The molecule has 2 bridgehead atoms. The maximum Gasteiger partial charge on any atom is 0.338 e. The number of esters is 1. The summed E-state index contributed by atoms with van der Waals surface area (Å²) in [7, 11) is 1.46. The first-order valence-electron chi connectivity index (χ1n) is 7.86. The van der Waals surface area contributed by atoms with Gasteiger partial charge in [-0.25, -0.2) is 4.79 Å². The fraction of sp³-hybridized carbons (Fsp3) is 0.611. The average molecular weight is 304 g/mol. The van der Waals surface area contributed by atoms with E-state index >= 15 is 0 Å². The average Bonchev–Trinajstić information content (AvgIpc) is 2.95. The maximum absolute atomic E-state index is 12.5. The Hall–Kier alpha value is -1.71. The fourth-order valence-electron chi connectivity index (χ4n) is 4.53. The topological polar surface area (TPSA) is 55.8 Å². The molecule has 0 spiro atoms. The van der Waals surface area contributed by atoms with Crippen LogP contribution in [0, 0.1) is 16.7 Å². The monoisotopic (exact) mass is 304 g/mol. The number of carbonyl (C=O) groups excluding carboxylic acids is 1. The van der Waals surface area contributed by atoms with E-state index in [1.807, 2.05) is 0 Å². The summed E-state index contributed by atoms with van der Waals surface area (Å²) in [5.41, 5.74) is 0.519. The zero-order valence-electron chi connectivity index (χ0n) is 13.7. The van der Waals surface area contributed by atoms with E-state index in [1.54, 1.807) is 6.07 Å². The lowest BCUT2D eigenvalue weighted by Gasteiger charge is -2.41. The third-order valence-electron chi connectivity index (χ3n) is 5.78. The first kappa shape index (κ1) is 15.2. The fourth-order valence-corrected chi connectivity index (χ4v) is 4.53. The first-order valence-corrected chi connectivity index (χ1v) is 7.86. The van der Waals surface area contributed by atoms with Crippen LogP contribution >= 0.6 is 0 Å². The number of phenolic OH excluding ortho intramolecular Hbond substituents is 1. The van der Waals surface area contributed by atoms with Gasteiger partial charge in [0.15, 0.2) is 11.5 Å². The van der Waals surface area contributed by atoms with E-state index in [9.17, 15) is 9.90 Å². The van der Waals surface area contributed by atoms with Crippen molar-refractivity contribution in [3.05, 3.63) is 23.8 Å². The smallest absolute Gasteiger partial charge is 0.338 e. The van der Waals surface area contributed by atoms with Crippen LogP contribution in [0.2, 0.25) is 0 Å². The van der Waals surface area contributed by atoms with Crippen LogP contribution in [0.15, 0.2) is 18.2 Å². The van der Waals surface area contributed by atoms with Gasteiger partial charge in [-0.05, 0) is 43.4 Å². The van der Waals surface area contributed by atoms with Crippen molar-refractivity contribution in [1.29, 1.82) is 0 Å². The summed E-state index contributed by atoms with van der Waals surface area (Å²) >= 11 is 0. The van der Waals surface area contributed by atoms with Crippen molar-refractivity contribution < 1.29 is 19.4 Å². The Bertz CT molecular complexity index is 602. The Kier molecular flexibility index (Phi) is 3.38. The van der Waals surface area contributed by atoms with Crippen molar-refractivity contribution in [3.63, 3.8) is 0 Å². The SMILES string of the molecule is COc1cc(C(=O)OC2C3(C)CCC(C3)C2(C)C)ccc1O. The number of benzene rings is 1. The molecule has 4 heteroatoms. The van der Waals surface area contributed by atoms with E-state index in [0.29, 0.717) is 11.5 Å². The molecule has 2 fully saturated rings. The van der Waals surface area contributed by atoms with Crippen LogP contribution in [-0.2, 0) is 4.74 Å². The number of phenols is 1. The molecule has 0 aliphatic heterocycles. The van der Waals surface area contributed by atoms with Gasteiger partial charge in [0.1, 0.15) is 6.10 Å². The number of aromatic hydroxyl groups is 1. The number of carbonyl (C=O) groups is 1. The molecule has 3 atom stereocenters. The molecule has 0 radical (unpaired) electrons. The standard InChI is InChI=1S/C18H24O4/c1-17(2)12-7-8-18(3,10-12)16(17)22-15(20)11-5-6-13(19)14(9-11)21-4/h5-6,9,12,16,19H,7-8,10H2,1-4H3. The number of ether oxygens (including phenoxy) is 2. The molecule has 2 aliphatic carbocycles. The third-order valence-corrected chi connectivity index (χ3v) is 5.78. The van der Waals surface area contributed by atoms with Crippen LogP contribution in [0.3, 0.4) is 0 Å². The van der Waals surface area contributed by atoms with Crippen molar-refractivity contribution >= 4 is 5.97 Å². The molecule has 1 aromatic carbocycles. The number of hydrogen-bond acceptors (Lipinski definition) is 4. The van der Waals surface area contributed by atoms with Gasteiger partial charge in [-0.15, -0.1) is 0 Å². The first-order chi connectivity index (χ1) is 10.3. The lowest BCUT2D eigenvalue weighted by Crippen LogP contribution is -2.43. The molecule has 22 heavy (non-hydrogen) atoms. The molecule has 1 N–H and O–H groups in total. The van der Waals surface area contributed by atoms with E-state index in [2.05, 4.69) is 20.8 Å². The van der Waals surface area contributed by atoms with Crippen LogP contribution in [0.5, 0.6) is 11.5 Å². The maximum atomic E-state index is 12.5. The highest BCUT2D eigenvalue weighted by Crippen LogP contribution is 2.63. The zero-order valence-corrected chi connectivity index (χ0v) is 13.7. The van der Waals surface area contributed by atoms with Gasteiger partial charge in [-0.2, -0.15) is 0 Å². The predicted octanol–water partition coefficient (Wildman–Crippen LogP) is 3.77. The van der Waals surface area contributed by atoms with Gasteiger partial charge in [0.25, 0.3) is 0 Å². The summed E-state index contributed by atoms with van der Waals surface area (Å²) in [6.07, 6.45) is 3.42. The Morgan fingerprint density at radius 3 is 2.64 bits per heavy atom. The highest BCUT2D eigenvalue weighted by molar-refractivity contribution is 5.90. The summed E-state index contributed by atoms with van der Waals surface area (Å²) in [5, 5.41) is 9.63. The zero-order chi connectivity index (χ0) is 16.1. The Balaban J connectivity index is 1.83. The second-order valence-electron chi connectivity index (χ2n) is 7.59. The second-order valence-corrected chi connectivity index (χ2v) is 7.59. The molecule has 0 amide bonds. The molecule has 3 unspecified atom stereocenters. The minimum absolute atomic E-state index is 0.0175. The van der Waals surface area contributed by atoms with E-state index < -0.39 is 0 Å². The Morgan fingerprint density at radius 2 is 2.05 bits per heavy atom. The highest BCUT2D eigenvalue weighted by atomic mass is 16.5. The van der Waals surface area contributed by atoms with Gasteiger partial charge in [-0.1, -0.05) is 20.8 Å². The van der Waals surface area contributed by atoms with Crippen LogP contribution in [0.25, 0.3) is 0 Å². The minimum atomic E-state index is -0.342. The van der Waals surface area contributed by atoms with Crippen molar-refractivity contribution in [3.8, 4) is 11.5 Å². The Morgan fingerprint density at radius 1 is 1.32 bits per heavy atom. The van der Waals surface area contributed by atoms with Crippen molar-refractivity contribution in [2.24, 2.45) is 16.7 Å². The quantitative estimate of drug-likeness (QED) is 0.864. The molecule has 0 saturated heterocycles. The number of hydrogen-bond donors (Lipinski definition) is 1. The van der Waals surface area contributed by atoms with E-state index in [-0.39, 0.29) is 34.4 Å². The molecular formula is C18H24O4. The molecule has 0 aromatic heterocycles. The number of rotatable bonds is 3. The van der Waals surface area contributed by atoms with Crippen molar-refractivity contribution in [2.45, 2.75) is 46.1 Å². The van der Waals surface area contributed by atoms with Gasteiger partial charge < -0.3 is 14.6 Å². The molecular weight excluding hydrogens is 280 g/mol. The normalized spacial score (nSPS) is 32.0. The van der Waals surface area contributed by atoms with Crippen LogP contribution in [0.4, 0.5) is 0 Å². The van der Waals surface area contributed by atoms with Gasteiger partial charge in [-0.3, -0.25) is 0 Å². The van der Waals surface area contributed by atoms with Crippen LogP contribution in [-0.4, -0.2) is 24.3 Å². The largest absolute Gasteiger partial charge is 0.504 e. The van der Waals surface area contributed by atoms with E-state index in [1.165, 1.54) is 25.7 Å². The summed E-state index contributed by atoms with van der Waals surface area (Å²) in [4.78, 5) is 12.5. The Labute approximate surface area is 131 Å². The molecule has 120 valence electrons. The molecule has 2 saturated carbocycles. The molecule has 4 nitrogen and oxygen atoms in total. The van der Waals surface area contributed by atoms with Gasteiger partial charge in [0, 0.05) is 10.8 Å². The number of fused-ring (bicyclic) bond motifs is 2. The molecule has 0 heterocycles. The summed E-state index contributed by atoms with van der Waals surface area (Å²) in [6, 6.07) is 4.56. The van der Waals surface area contributed by atoms with Gasteiger partial charge >= 0.3 is 5.97 Å². The van der Waals surface area contributed by atoms with Crippen molar-refractivity contribution in [1.82, 2.24) is 0 Å². The highest BCUT2D eigenvalue weighted by Gasteiger charge is 2.61. The predicted molar refractivity (Wildman–Crippen MR) is 83.1 cm³/mol. The van der Waals surface area contributed by atoms with Crippen molar-refractivity contribution in [2.75, 3.05) is 7.11 Å². The summed E-state index contributed by atoms with van der Waals surface area (Å²) in [5.74, 6) is 0.592. The number of methoxy groups -OCH3 is 1. The second kappa shape index (κ2) is 4.90. The summed E-state index contributed by atoms with van der Waals surface area (Å²) < 4.78 is 11.0. The van der Waals surface area contributed by atoms with Crippen LogP contribution < -0.4 is 4.74 Å². The third kappa shape index (κ3) is 2.16. The molecule has 2 aliphatic rings. The summed E-state index contributed by atoms with van der Waals surface area (Å²) in [6.45, 7) is 6.64. The minimum Gasteiger partial charge on any atom is -0.504 e. The molecule has 1 aromatic rings. The lowest BCUT2D eigenvalue weighted by atomic mass is 9.70.